The Morgan fingerprint density at radius 3 is 1.96 bits per heavy atom. The molecule has 0 bridgehead atoms. The van der Waals surface area contributed by atoms with Gasteiger partial charge in [0.2, 0.25) is 0 Å². The van der Waals surface area contributed by atoms with E-state index < -0.39 is 26.0 Å². The number of pyridine rings is 1. The molecule has 0 aliphatic rings. The summed E-state index contributed by atoms with van der Waals surface area (Å²) < 4.78 is 41.1. The Hall–Kier alpha value is -5.85. The zero-order valence-corrected chi connectivity index (χ0v) is 44.2. The zero-order valence-electron chi connectivity index (χ0n) is 43.7. The summed E-state index contributed by atoms with van der Waals surface area (Å²) in [4.78, 5) is 9.82. The van der Waals surface area contributed by atoms with Crippen LogP contribution in [0.3, 0.4) is 0 Å². The van der Waals surface area contributed by atoms with Crippen LogP contribution < -0.4 is 4.40 Å². The summed E-state index contributed by atoms with van der Waals surface area (Å²) in [7, 11) is 0. The maximum atomic E-state index is 8.49. The Kier molecular flexibility index (Phi) is 12.5. The van der Waals surface area contributed by atoms with Crippen molar-refractivity contribution < 1.29 is 30.0 Å². The second kappa shape index (κ2) is 19.8. The van der Waals surface area contributed by atoms with Gasteiger partial charge in [0.05, 0.1) is 22.4 Å². The molecular weight excluding hydrogens is 1060 g/mol. The number of imidazole rings is 1. The number of furan rings is 1. The molecule has 3 heterocycles. The molecule has 67 heavy (non-hydrogen) atoms. The van der Waals surface area contributed by atoms with Crippen molar-refractivity contribution in [1.82, 2.24) is 14.5 Å². The number of aryl methyl sites for hydroxylation is 1. The van der Waals surface area contributed by atoms with Crippen molar-refractivity contribution in [2.24, 2.45) is 0 Å². The van der Waals surface area contributed by atoms with Crippen molar-refractivity contribution in [3.63, 3.8) is 0 Å². The summed E-state index contributed by atoms with van der Waals surface area (Å²) in [6.07, 6.45) is 1.91. The van der Waals surface area contributed by atoms with E-state index in [1.165, 1.54) is 38.4 Å². The van der Waals surface area contributed by atoms with Crippen molar-refractivity contribution in [3.8, 4) is 50.6 Å². The maximum Gasteiger partial charge on any atom is 0 e. The largest absolute Gasteiger partial charge is 0 e. The van der Waals surface area contributed by atoms with Crippen LogP contribution in [0.4, 0.5) is 0 Å². The first-order valence-corrected chi connectivity index (χ1v) is 30.3. The van der Waals surface area contributed by atoms with Crippen LogP contribution in [-0.4, -0.2) is 27.8 Å². The average molecular weight is 1120 g/mol. The van der Waals surface area contributed by atoms with E-state index in [2.05, 4.69) is 182 Å². The van der Waals surface area contributed by atoms with Gasteiger partial charge in [-0.05, 0) is 63.4 Å². The summed E-state index contributed by atoms with van der Waals surface area (Å²) in [5.41, 5.74) is 15.8. The first-order valence-electron chi connectivity index (χ1n) is 25.0. The predicted molar refractivity (Wildman–Crippen MR) is 282 cm³/mol. The number of benzene rings is 7. The molecule has 0 spiro atoms. The van der Waals surface area contributed by atoms with Crippen LogP contribution in [0.5, 0.6) is 0 Å². The first-order chi connectivity index (χ1) is 33.3. The van der Waals surface area contributed by atoms with Gasteiger partial charge < -0.3 is 8.98 Å². The number of nitrogens with zero attached hydrogens (tertiary/aromatic N) is 3. The van der Waals surface area contributed by atoms with E-state index in [-0.39, 0.29) is 25.7 Å². The molecule has 0 atom stereocenters. The Morgan fingerprint density at radius 2 is 1.31 bits per heavy atom. The molecule has 339 valence electrons. The second-order valence-corrected chi connectivity index (χ2v) is 29.6. The van der Waals surface area contributed by atoms with Crippen molar-refractivity contribution in [3.05, 3.63) is 192 Å². The molecule has 4 nitrogen and oxygen atoms in total. The summed E-state index contributed by atoms with van der Waals surface area (Å²) in [6.45, 7) is 10.7. The van der Waals surface area contributed by atoms with Gasteiger partial charge in [-0.15, -0.1) is 18.2 Å². The van der Waals surface area contributed by atoms with E-state index in [9.17, 15) is 0 Å². The molecule has 0 aliphatic heterocycles. The fraction of sp³-hybridized carbons (Fsp3) is 0.213. The quantitative estimate of drug-likeness (QED) is 0.107. The van der Waals surface area contributed by atoms with Gasteiger partial charge in [-0.1, -0.05) is 136 Å². The van der Waals surface area contributed by atoms with Gasteiger partial charge in [-0.3, -0.25) is 4.98 Å². The summed E-state index contributed by atoms with van der Waals surface area (Å²) in [5, 5.41) is 2.15. The van der Waals surface area contributed by atoms with E-state index in [0.717, 1.165) is 72.3 Å². The number of rotatable bonds is 9. The minimum Gasteiger partial charge on any atom is 0 e. The van der Waals surface area contributed by atoms with Crippen molar-refractivity contribution >= 4 is 50.6 Å². The van der Waals surface area contributed by atoms with Gasteiger partial charge in [0.25, 0.3) is 0 Å². The van der Waals surface area contributed by atoms with Gasteiger partial charge >= 0.3 is 131 Å². The molecule has 0 unspecified atom stereocenters. The predicted octanol–water partition coefficient (Wildman–Crippen LogP) is 16.5. The third-order valence-corrected chi connectivity index (χ3v) is 16.7. The second-order valence-electron chi connectivity index (χ2n) is 19.1. The molecular formula is C61H59GeIrN3O-2. The fourth-order valence-corrected chi connectivity index (χ4v) is 12.3. The van der Waals surface area contributed by atoms with Crippen molar-refractivity contribution in [2.75, 3.05) is 0 Å². The number of fused-ring (bicyclic) bond motifs is 4. The van der Waals surface area contributed by atoms with E-state index in [0.29, 0.717) is 11.8 Å². The third-order valence-electron chi connectivity index (χ3n) is 12.4. The molecule has 0 aliphatic carbocycles. The summed E-state index contributed by atoms with van der Waals surface area (Å²) >= 11 is -2.14. The molecule has 3 aromatic heterocycles. The normalized spacial score (nSPS) is 12.9. The Bertz CT molecular complexity index is 3470. The summed E-state index contributed by atoms with van der Waals surface area (Å²) in [6, 6.07) is 58.4. The molecule has 1 radical (unpaired) electrons. The summed E-state index contributed by atoms with van der Waals surface area (Å²) in [5.74, 6) is 7.71. The van der Waals surface area contributed by atoms with Crippen LogP contribution in [0.15, 0.2) is 162 Å². The Balaban J connectivity index is 0.000000230. The van der Waals surface area contributed by atoms with Crippen LogP contribution in [0.1, 0.15) is 87.0 Å². The van der Waals surface area contributed by atoms with Gasteiger partial charge in [0.1, 0.15) is 5.58 Å². The maximum absolute atomic E-state index is 8.49. The molecule has 0 fully saturated rings. The van der Waals surface area contributed by atoms with Gasteiger partial charge in [-0.2, -0.15) is 0 Å². The average Bonchev–Trinajstić information content (AvgIpc) is 3.92. The molecule has 0 N–H and O–H groups in total. The van der Waals surface area contributed by atoms with Crippen LogP contribution >= 0.6 is 0 Å². The molecule has 6 heteroatoms. The molecule has 10 rings (SSSR count). The van der Waals surface area contributed by atoms with E-state index >= 15 is 0 Å². The molecule has 0 saturated carbocycles. The number of para-hydroxylation sites is 3. The van der Waals surface area contributed by atoms with Crippen LogP contribution in [0.25, 0.3) is 83.6 Å². The fourth-order valence-electron chi connectivity index (χ4n) is 8.96. The number of hydrogen-bond donors (Lipinski definition) is 0. The van der Waals surface area contributed by atoms with Crippen molar-refractivity contribution in [1.29, 1.82) is 0 Å². The van der Waals surface area contributed by atoms with E-state index in [1.54, 1.807) is 12.1 Å². The first kappa shape index (κ1) is 42.5. The van der Waals surface area contributed by atoms with Gasteiger partial charge in [0.15, 0.2) is 0 Å². The molecule has 7 aromatic carbocycles. The smallest absolute Gasteiger partial charge is 0 e. The SMILES string of the molecule is CC(C)c1cccc(C(C)C)c1-n1c(-c2[c-]ccc3c2oc2cc(-c4ccc(-c5ccccc5)cc4)ccc23)nc2ccccc21.[2H]C([2H])([2H])c1c[c-]c(-c2cc(C([2H])(C)C)[c]([Ge]([CH3])([CH3])[CH3])cn2)cc1.[Ir]. The third kappa shape index (κ3) is 9.65. The van der Waals surface area contributed by atoms with Crippen LogP contribution in [0.2, 0.25) is 17.3 Å². The molecule has 0 saturated heterocycles. The number of hydrogen-bond acceptors (Lipinski definition) is 3. The van der Waals surface area contributed by atoms with Crippen molar-refractivity contribution in [2.45, 2.75) is 83.4 Å². The monoisotopic (exact) mass is 1120 g/mol. The number of aromatic nitrogens is 3. The topological polar surface area (TPSA) is 43.9 Å². The minimum atomic E-state index is -2.14. The minimum absolute atomic E-state index is 0. The molecule has 10 aromatic rings. The molecule has 0 amide bonds. The van der Waals surface area contributed by atoms with Crippen LogP contribution in [-0.2, 0) is 20.1 Å². The van der Waals surface area contributed by atoms with E-state index in [4.69, 9.17) is 14.9 Å². The standard InChI is InChI=1S/C43H35N2O.C18H24GeN.Ir/c1-27(2)33-14-10-15-34(28(3)4)41(33)45-39-19-9-8-18-38(39)44-43(45)37-17-11-16-36-35-25-24-32(26-40(35)46-42(36)37)31-22-20-30(21-23-31)29-12-6-5-7-13-29;1-13(2)16-11-18(15-9-7-14(3)8-10-15)20-12-17(16)19(4,5)6;/h5-16,18-28H,1-4H3;7-9,11-13H,1-6H3;/q2*-1;/i;3D3,13D;. The Labute approximate surface area is 418 Å². The Morgan fingerprint density at radius 1 is 0.657 bits per heavy atom. The zero-order chi connectivity index (χ0) is 49.7. The van der Waals surface area contributed by atoms with E-state index in [1.807, 2.05) is 38.2 Å². The van der Waals surface area contributed by atoms with Gasteiger partial charge in [-0.25, -0.2) is 0 Å². The van der Waals surface area contributed by atoms with Crippen LogP contribution in [0, 0.1) is 19.0 Å². The van der Waals surface area contributed by atoms with Gasteiger partial charge in [0, 0.05) is 31.2 Å².